The van der Waals surface area contributed by atoms with E-state index in [-0.39, 0.29) is 11.1 Å². The number of hydrogen-bond acceptors (Lipinski definition) is 2. The number of nitrogens with zero attached hydrogens (tertiary/aromatic N) is 2. The van der Waals surface area contributed by atoms with E-state index in [4.69, 9.17) is 0 Å². The quantitative estimate of drug-likeness (QED) is 0.585. The molecule has 3 heterocycles. The van der Waals surface area contributed by atoms with Crippen LogP contribution in [-0.2, 0) is 0 Å². The Morgan fingerprint density at radius 1 is 1.18 bits per heavy atom. The summed E-state index contributed by atoms with van der Waals surface area (Å²) in [4.78, 5) is 19.6. The zero-order valence-electron chi connectivity index (χ0n) is 11.8. The standard InChI is InChI=1S/C17H12FN3O/c1-10-6-15-19-8-11-7-13(12-4-2-3-5-14(12)18)17(22)20-16(11)21(15)9-10/h2-9H,1H3,(H,20,22). The number of aromatic amines is 1. The van der Waals surface area contributed by atoms with Crippen LogP contribution in [0.5, 0.6) is 0 Å². The molecule has 0 unspecified atom stereocenters. The van der Waals surface area contributed by atoms with Gasteiger partial charge < -0.3 is 4.98 Å². The van der Waals surface area contributed by atoms with Gasteiger partial charge in [-0.15, -0.1) is 0 Å². The largest absolute Gasteiger partial charge is 0.307 e. The van der Waals surface area contributed by atoms with E-state index in [9.17, 15) is 9.18 Å². The Morgan fingerprint density at radius 2 is 2.00 bits per heavy atom. The lowest BCUT2D eigenvalue weighted by molar-refractivity contribution is 0.631. The molecule has 0 fully saturated rings. The third-order valence-corrected chi connectivity index (χ3v) is 3.73. The van der Waals surface area contributed by atoms with Gasteiger partial charge in [-0.05, 0) is 30.7 Å². The lowest BCUT2D eigenvalue weighted by Crippen LogP contribution is -2.11. The monoisotopic (exact) mass is 293 g/mol. The molecule has 0 spiro atoms. The van der Waals surface area contributed by atoms with Crippen molar-refractivity contribution in [2.45, 2.75) is 6.92 Å². The van der Waals surface area contributed by atoms with Crippen LogP contribution in [0.4, 0.5) is 4.39 Å². The van der Waals surface area contributed by atoms with Gasteiger partial charge in [0.2, 0.25) is 0 Å². The number of rotatable bonds is 1. The van der Waals surface area contributed by atoms with Gasteiger partial charge in [0.25, 0.3) is 5.56 Å². The molecule has 4 aromatic rings. The number of aryl methyl sites for hydroxylation is 1. The van der Waals surface area contributed by atoms with Crippen molar-refractivity contribution >= 4 is 16.7 Å². The normalized spacial score (nSPS) is 11.4. The van der Waals surface area contributed by atoms with E-state index in [1.807, 2.05) is 23.6 Å². The van der Waals surface area contributed by atoms with Gasteiger partial charge in [-0.2, -0.15) is 0 Å². The summed E-state index contributed by atoms with van der Waals surface area (Å²) in [5.74, 6) is -0.418. The number of aromatic nitrogens is 3. The highest BCUT2D eigenvalue weighted by molar-refractivity contribution is 5.82. The first kappa shape index (κ1) is 12.8. The topological polar surface area (TPSA) is 50.2 Å². The molecular weight excluding hydrogens is 281 g/mol. The number of benzene rings is 1. The maximum absolute atomic E-state index is 13.9. The molecule has 0 saturated carbocycles. The van der Waals surface area contributed by atoms with E-state index >= 15 is 0 Å². The van der Waals surface area contributed by atoms with Crippen LogP contribution in [0.15, 0.2) is 53.6 Å². The number of H-pyrrole nitrogens is 1. The summed E-state index contributed by atoms with van der Waals surface area (Å²) < 4.78 is 15.8. The summed E-state index contributed by atoms with van der Waals surface area (Å²) in [5.41, 5.74) is 2.74. The Labute approximate surface area is 124 Å². The second-order valence-electron chi connectivity index (χ2n) is 5.30. The number of fused-ring (bicyclic) bond motifs is 3. The van der Waals surface area contributed by atoms with Crippen LogP contribution >= 0.6 is 0 Å². The van der Waals surface area contributed by atoms with Crippen molar-refractivity contribution in [3.05, 3.63) is 70.5 Å². The number of pyridine rings is 1. The third kappa shape index (κ3) is 1.83. The molecule has 1 aromatic carbocycles. The lowest BCUT2D eigenvalue weighted by Gasteiger charge is -2.06. The van der Waals surface area contributed by atoms with E-state index in [0.29, 0.717) is 11.2 Å². The fraction of sp³-hybridized carbons (Fsp3) is 0.0588. The molecule has 1 N–H and O–H groups in total. The van der Waals surface area contributed by atoms with Crippen LogP contribution in [0.25, 0.3) is 27.8 Å². The van der Waals surface area contributed by atoms with Crippen LogP contribution in [0.2, 0.25) is 0 Å². The van der Waals surface area contributed by atoms with Crippen molar-refractivity contribution < 1.29 is 4.39 Å². The molecule has 4 rings (SSSR count). The summed E-state index contributed by atoms with van der Waals surface area (Å²) in [7, 11) is 0. The van der Waals surface area contributed by atoms with Gasteiger partial charge in [0, 0.05) is 23.3 Å². The molecule has 0 aliphatic rings. The zero-order valence-corrected chi connectivity index (χ0v) is 11.8. The summed E-state index contributed by atoms with van der Waals surface area (Å²) in [5, 5.41) is 0.751. The minimum absolute atomic E-state index is 0.287. The summed E-state index contributed by atoms with van der Waals surface area (Å²) in [6, 6.07) is 9.85. The molecule has 0 aliphatic heterocycles. The van der Waals surface area contributed by atoms with E-state index in [2.05, 4.69) is 9.97 Å². The molecule has 3 aromatic heterocycles. The van der Waals surface area contributed by atoms with Gasteiger partial charge in [-0.1, -0.05) is 18.2 Å². The smallest absolute Gasteiger partial charge is 0.257 e. The van der Waals surface area contributed by atoms with Gasteiger partial charge in [-0.25, -0.2) is 9.37 Å². The Morgan fingerprint density at radius 3 is 2.82 bits per heavy atom. The molecule has 5 heteroatoms. The maximum atomic E-state index is 13.9. The van der Waals surface area contributed by atoms with Gasteiger partial charge in [0.05, 0.1) is 5.56 Å². The van der Waals surface area contributed by atoms with E-state index < -0.39 is 5.82 Å². The lowest BCUT2D eigenvalue weighted by atomic mass is 10.1. The third-order valence-electron chi connectivity index (χ3n) is 3.73. The minimum Gasteiger partial charge on any atom is -0.307 e. The Bertz CT molecular complexity index is 1080. The van der Waals surface area contributed by atoms with Gasteiger partial charge in [0.15, 0.2) is 0 Å². The minimum atomic E-state index is -0.418. The Hall–Kier alpha value is -2.95. The van der Waals surface area contributed by atoms with Crippen molar-refractivity contribution in [1.82, 2.24) is 14.4 Å². The summed E-state index contributed by atoms with van der Waals surface area (Å²) >= 11 is 0. The van der Waals surface area contributed by atoms with Crippen molar-refractivity contribution in [2.75, 3.05) is 0 Å². The van der Waals surface area contributed by atoms with Crippen LogP contribution in [0.1, 0.15) is 5.56 Å². The van der Waals surface area contributed by atoms with Crippen molar-refractivity contribution in [3.63, 3.8) is 0 Å². The fourth-order valence-corrected chi connectivity index (χ4v) is 2.71. The second kappa shape index (κ2) is 4.53. The fourth-order valence-electron chi connectivity index (χ4n) is 2.71. The molecule has 108 valence electrons. The van der Waals surface area contributed by atoms with Gasteiger partial charge >= 0.3 is 0 Å². The van der Waals surface area contributed by atoms with Crippen molar-refractivity contribution in [2.24, 2.45) is 0 Å². The highest BCUT2D eigenvalue weighted by Gasteiger charge is 2.11. The highest BCUT2D eigenvalue weighted by Crippen LogP contribution is 2.22. The summed E-state index contributed by atoms with van der Waals surface area (Å²) in [6.45, 7) is 1.96. The summed E-state index contributed by atoms with van der Waals surface area (Å²) in [6.07, 6.45) is 3.59. The van der Waals surface area contributed by atoms with E-state index in [0.717, 1.165) is 16.6 Å². The van der Waals surface area contributed by atoms with E-state index in [1.54, 1.807) is 30.5 Å². The van der Waals surface area contributed by atoms with Gasteiger partial charge in [-0.3, -0.25) is 9.20 Å². The molecule has 4 nitrogen and oxygen atoms in total. The number of hydrogen-bond donors (Lipinski definition) is 1. The molecular formula is C17H12FN3O. The average Bonchev–Trinajstić information content (AvgIpc) is 2.88. The number of nitrogens with one attached hydrogen (secondary N) is 1. The van der Waals surface area contributed by atoms with Crippen LogP contribution in [0.3, 0.4) is 0 Å². The first-order chi connectivity index (χ1) is 10.6. The average molecular weight is 293 g/mol. The van der Waals surface area contributed by atoms with Crippen molar-refractivity contribution in [1.29, 1.82) is 0 Å². The van der Waals surface area contributed by atoms with Crippen LogP contribution < -0.4 is 5.56 Å². The van der Waals surface area contributed by atoms with Crippen molar-refractivity contribution in [3.8, 4) is 11.1 Å². The molecule has 0 radical (unpaired) electrons. The first-order valence-corrected chi connectivity index (χ1v) is 6.89. The Balaban J connectivity index is 2.07. The predicted octanol–water partition coefficient (Wildman–Crippen LogP) is 3.29. The molecule has 0 amide bonds. The van der Waals surface area contributed by atoms with E-state index in [1.165, 1.54) is 6.07 Å². The molecule has 0 bridgehead atoms. The predicted molar refractivity (Wildman–Crippen MR) is 83.4 cm³/mol. The molecule has 0 aliphatic carbocycles. The first-order valence-electron chi connectivity index (χ1n) is 6.89. The molecule has 22 heavy (non-hydrogen) atoms. The zero-order chi connectivity index (χ0) is 15.3. The maximum Gasteiger partial charge on any atom is 0.257 e. The molecule has 0 saturated heterocycles. The SMILES string of the molecule is Cc1cc2ncc3cc(-c4ccccc4F)c(=O)[nH]c3n2c1. The second-order valence-corrected chi connectivity index (χ2v) is 5.30. The number of halogens is 1. The van der Waals surface area contributed by atoms with Gasteiger partial charge in [0.1, 0.15) is 17.1 Å². The molecule has 0 atom stereocenters. The highest BCUT2D eigenvalue weighted by atomic mass is 19.1. The Kier molecular flexibility index (Phi) is 2.63. The van der Waals surface area contributed by atoms with Crippen LogP contribution in [-0.4, -0.2) is 14.4 Å². The van der Waals surface area contributed by atoms with Crippen LogP contribution in [0, 0.1) is 12.7 Å².